The van der Waals surface area contributed by atoms with Gasteiger partial charge in [0.05, 0.1) is 12.8 Å². The number of halogens is 1. The Labute approximate surface area is 119 Å². The normalized spacial score (nSPS) is 9.79. The second-order valence-electron chi connectivity index (χ2n) is 3.66. The Morgan fingerprint density at radius 2 is 2.05 bits per heavy atom. The van der Waals surface area contributed by atoms with Gasteiger partial charge < -0.3 is 4.74 Å². The fraction of sp³-hybridized carbons (Fsp3) is 0.0769. The maximum Gasteiger partial charge on any atom is 0.288 e. The topological polar surface area (TPSA) is 63.2 Å². The van der Waals surface area contributed by atoms with Crippen molar-refractivity contribution < 1.29 is 9.53 Å². The SMILES string of the molecule is COc1cccc(NNC(=O)c2cccc(Br)n2)c1. The number of hydrogen-bond donors (Lipinski definition) is 2. The van der Waals surface area contributed by atoms with E-state index in [1.807, 2.05) is 18.2 Å². The maximum atomic E-state index is 11.8. The quantitative estimate of drug-likeness (QED) is 0.671. The Balaban J connectivity index is 2.00. The predicted molar refractivity (Wildman–Crippen MR) is 76.0 cm³/mol. The van der Waals surface area contributed by atoms with E-state index in [4.69, 9.17) is 4.74 Å². The number of aromatic nitrogens is 1. The largest absolute Gasteiger partial charge is 0.497 e. The van der Waals surface area contributed by atoms with Gasteiger partial charge in [0.25, 0.3) is 5.91 Å². The molecule has 0 saturated heterocycles. The average Bonchev–Trinajstić information content (AvgIpc) is 2.45. The van der Waals surface area contributed by atoms with Crippen molar-refractivity contribution in [2.45, 2.75) is 0 Å². The number of ether oxygens (including phenoxy) is 1. The molecule has 0 atom stereocenters. The third kappa shape index (κ3) is 3.69. The smallest absolute Gasteiger partial charge is 0.288 e. The Morgan fingerprint density at radius 1 is 1.26 bits per heavy atom. The minimum atomic E-state index is -0.316. The van der Waals surface area contributed by atoms with Crippen LogP contribution in [0.5, 0.6) is 5.75 Å². The summed E-state index contributed by atoms with van der Waals surface area (Å²) >= 11 is 3.22. The summed E-state index contributed by atoms with van der Waals surface area (Å²) in [6.07, 6.45) is 0. The Morgan fingerprint density at radius 3 is 2.79 bits per heavy atom. The number of anilines is 1. The van der Waals surface area contributed by atoms with Crippen molar-refractivity contribution in [2.24, 2.45) is 0 Å². The van der Waals surface area contributed by atoms with Crippen LogP contribution in [0.3, 0.4) is 0 Å². The summed E-state index contributed by atoms with van der Waals surface area (Å²) in [4.78, 5) is 15.9. The average molecular weight is 322 g/mol. The van der Waals surface area contributed by atoms with Crippen molar-refractivity contribution in [3.05, 3.63) is 52.8 Å². The van der Waals surface area contributed by atoms with Crippen LogP contribution in [-0.4, -0.2) is 18.0 Å². The summed E-state index contributed by atoms with van der Waals surface area (Å²) in [6.45, 7) is 0. The number of rotatable bonds is 4. The molecular weight excluding hydrogens is 310 g/mol. The number of carbonyl (C=O) groups is 1. The van der Waals surface area contributed by atoms with Crippen LogP contribution in [0.1, 0.15) is 10.5 Å². The lowest BCUT2D eigenvalue weighted by atomic mass is 10.3. The second-order valence-corrected chi connectivity index (χ2v) is 4.47. The van der Waals surface area contributed by atoms with E-state index in [1.165, 1.54) is 0 Å². The summed E-state index contributed by atoms with van der Waals surface area (Å²) in [5.74, 6) is 0.393. The third-order valence-corrected chi connectivity index (χ3v) is 2.78. The number of nitrogens with zero attached hydrogens (tertiary/aromatic N) is 1. The molecule has 1 heterocycles. The predicted octanol–water partition coefficient (Wildman–Crippen LogP) is 2.61. The molecular formula is C13H12BrN3O2. The highest BCUT2D eigenvalue weighted by Gasteiger charge is 2.06. The first kappa shape index (κ1) is 13.4. The molecule has 98 valence electrons. The van der Waals surface area contributed by atoms with Crippen LogP contribution < -0.4 is 15.6 Å². The number of methoxy groups -OCH3 is 1. The third-order valence-electron chi connectivity index (χ3n) is 2.34. The van der Waals surface area contributed by atoms with Crippen LogP contribution in [0.25, 0.3) is 0 Å². The van der Waals surface area contributed by atoms with Gasteiger partial charge >= 0.3 is 0 Å². The van der Waals surface area contributed by atoms with Crippen molar-refractivity contribution in [3.8, 4) is 5.75 Å². The fourth-order valence-electron chi connectivity index (χ4n) is 1.43. The molecule has 0 radical (unpaired) electrons. The van der Waals surface area contributed by atoms with E-state index < -0.39 is 0 Å². The van der Waals surface area contributed by atoms with Gasteiger partial charge in [-0.2, -0.15) is 0 Å². The fourth-order valence-corrected chi connectivity index (χ4v) is 1.77. The highest BCUT2D eigenvalue weighted by Crippen LogP contribution is 2.15. The van der Waals surface area contributed by atoms with Gasteiger partial charge in [-0.15, -0.1) is 0 Å². The van der Waals surface area contributed by atoms with Crippen LogP contribution >= 0.6 is 15.9 Å². The Hall–Kier alpha value is -2.08. The molecule has 0 fully saturated rings. The zero-order valence-electron chi connectivity index (χ0n) is 10.2. The molecule has 5 nitrogen and oxygen atoms in total. The molecule has 2 rings (SSSR count). The zero-order valence-corrected chi connectivity index (χ0v) is 11.8. The van der Waals surface area contributed by atoms with Crippen LogP contribution in [0.15, 0.2) is 47.1 Å². The minimum absolute atomic E-state index is 0.316. The van der Waals surface area contributed by atoms with Gasteiger partial charge in [-0.25, -0.2) is 4.98 Å². The summed E-state index contributed by atoms with van der Waals surface area (Å²) in [6, 6.07) is 12.4. The molecule has 2 N–H and O–H groups in total. The number of amides is 1. The van der Waals surface area contributed by atoms with Gasteiger partial charge in [-0.05, 0) is 40.2 Å². The number of pyridine rings is 1. The lowest BCUT2D eigenvalue weighted by Crippen LogP contribution is -2.30. The molecule has 1 amide bonds. The number of hydrogen-bond acceptors (Lipinski definition) is 4. The first-order valence-electron chi connectivity index (χ1n) is 5.52. The van der Waals surface area contributed by atoms with Crippen molar-refractivity contribution in [1.29, 1.82) is 0 Å². The molecule has 0 bridgehead atoms. The molecule has 0 spiro atoms. The van der Waals surface area contributed by atoms with Gasteiger partial charge in [-0.3, -0.25) is 15.6 Å². The molecule has 1 aromatic heterocycles. The van der Waals surface area contributed by atoms with E-state index in [-0.39, 0.29) is 5.91 Å². The summed E-state index contributed by atoms with van der Waals surface area (Å²) in [5.41, 5.74) is 6.42. The molecule has 2 aromatic rings. The van der Waals surface area contributed by atoms with Gasteiger partial charge in [0.2, 0.25) is 0 Å². The number of nitrogens with one attached hydrogen (secondary N) is 2. The van der Waals surface area contributed by atoms with Crippen molar-refractivity contribution in [3.63, 3.8) is 0 Å². The molecule has 0 aliphatic carbocycles. The Kier molecular flexibility index (Phi) is 4.35. The summed E-state index contributed by atoms with van der Waals surface area (Å²) in [5, 5.41) is 0. The van der Waals surface area contributed by atoms with E-state index in [9.17, 15) is 4.79 Å². The Bertz CT molecular complexity index is 590. The lowest BCUT2D eigenvalue weighted by Gasteiger charge is -2.09. The summed E-state index contributed by atoms with van der Waals surface area (Å²) < 4.78 is 5.70. The van der Waals surface area contributed by atoms with Crippen molar-refractivity contribution in [2.75, 3.05) is 12.5 Å². The lowest BCUT2D eigenvalue weighted by molar-refractivity contribution is 0.0957. The van der Waals surface area contributed by atoms with Crippen LogP contribution in [-0.2, 0) is 0 Å². The van der Waals surface area contributed by atoms with E-state index in [2.05, 4.69) is 31.8 Å². The van der Waals surface area contributed by atoms with Crippen LogP contribution in [0, 0.1) is 0 Å². The molecule has 0 aliphatic heterocycles. The van der Waals surface area contributed by atoms with E-state index in [1.54, 1.807) is 31.4 Å². The van der Waals surface area contributed by atoms with E-state index in [0.717, 1.165) is 5.69 Å². The van der Waals surface area contributed by atoms with Gasteiger partial charge in [0, 0.05) is 6.07 Å². The first-order chi connectivity index (χ1) is 9.19. The highest BCUT2D eigenvalue weighted by atomic mass is 79.9. The number of hydrazine groups is 1. The monoisotopic (exact) mass is 321 g/mol. The van der Waals surface area contributed by atoms with Gasteiger partial charge in [0.1, 0.15) is 16.0 Å². The molecule has 0 aliphatic rings. The highest BCUT2D eigenvalue weighted by molar-refractivity contribution is 9.10. The van der Waals surface area contributed by atoms with Crippen molar-refractivity contribution in [1.82, 2.24) is 10.4 Å². The number of carbonyl (C=O) groups excluding carboxylic acids is 1. The molecule has 19 heavy (non-hydrogen) atoms. The molecule has 6 heteroatoms. The maximum absolute atomic E-state index is 11.8. The minimum Gasteiger partial charge on any atom is -0.497 e. The van der Waals surface area contributed by atoms with Crippen molar-refractivity contribution >= 4 is 27.5 Å². The van der Waals surface area contributed by atoms with Gasteiger partial charge in [-0.1, -0.05) is 12.1 Å². The molecule has 1 aromatic carbocycles. The number of benzene rings is 1. The molecule has 0 unspecified atom stereocenters. The first-order valence-corrected chi connectivity index (χ1v) is 6.31. The second kappa shape index (κ2) is 6.19. The van der Waals surface area contributed by atoms with Crippen LogP contribution in [0.2, 0.25) is 0 Å². The van der Waals surface area contributed by atoms with Gasteiger partial charge in [0.15, 0.2) is 0 Å². The standard InChI is InChI=1S/C13H12BrN3O2/c1-19-10-5-2-4-9(8-10)16-17-13(18)11-6-3-7-12(14)15-11/h2-8,16H,1H3,(H,17,18). The van der Waals surface area contributed by atoms with E-state index in [0.29, 0.717) is 16.0 Å². The summed E-state index contributed by atoms with van der Waals surface area (Å²) in [7, 11) is 1.59. The van der Waals surface area contributed by atoms with E-state index >= 15 is 0 Å². The van der Waals surface area contributed by atoms with Crippen LogP contribution in [0.4, 0.5) is 5.69 Å². The molecule has 0 saturated carbocycles. The zero-order chi connectivity index (χ0) is 13.7.